The predicted octanol–water partition coefficient (Wildman–Crippen LogP) is -5.68. The smallest absolute Gasteiger partial charge is 0.549 e. The summed E-state index contributed by atoms with van der Waals surface area (Å²) in [6.07, 6.45) is -5.90. The van der Waals surface area contributed by atoms with Crippen molar-refractivity contribution >= 4 is 17.7 Å². The molecule has 1 fully saturated rings. The summed E-state index contributed by atoms with van der Waals surface area (Å²) in [5.74, 6) is -1.07. The van der Waals surface area contributed by atoms with Gasteiger partial charge in [-0.3, -0.25) is 0 Å². The number of aliphatic hydroxyl groups is 3. The van der Waals surface area contributed by atoms with Crippen LogP contribution in [-0.4, -0.2) is 70.1 Å². The molecule has 1 saturated heterocycles. The molecule has 106 valence electrons. The van der Waals surface area contributed by atoms with E-state index >= 15 is 0 Å². The summed E-state index contributed by atoms with van der Waals surface area (Å²) in [6, 6.07) is 0. The van der Waals surface area contributed by atoms with E-state index in [1.807, 2.05) is 0 Å². The normalized spacial score (nSPS) is 36.4. The van der Waals surface area contributed by atoms with Crippen molar-refractivity contribution in [3.63, 3.8) is 0 Å². The fraction of sp³-hybridized carbons (Fsp3) is 0.900. The number of hydrogen-bond acceptors (Lipinski definition) is 8. The van der Waals surface area contributed by atoms with E-state index in [9.17, 15) is 25.2 Å². The number of carbonyl (C=O) groups is 1. The van der Waals surface area contributed by atoms with Crippen LogP contribution in [0.15, 0.2) is 0 Å². The maximum Gasteiger partial charge on any atom is 1.00 e. The van der Waals surface area contributed by atoms with Gasteiger partial charge in [0.15, 0.2) is 6.29 Å². The Kier molecular flexibility index (Phi) is 9.09. The van der Waals surface area contributed by atoms with Gasteiger partial charge in [-0.1, -0.05) is 0 Å². The van der Waals surface area contributed by atoms with Gasteiger partial charge in [-0.2, -0.15) is 0 Å². The molecule has 1 aliphatic heterocycles. The van der Waals surface area contributed by atoms with Gasteiger partial charge >= 0.3 is 29.6 Å². The Morgan fingerprint density at radius 3 is 2.42 bits per heavy atom. The van der Waals surface area contributed by atoms with Crippen molar-refractivity contribution in [1.82, 2.24) is 0 Å². The van der Waals surface area contributed by atoms with E-state index in [0.29, 0.717) is 0 Å². The Bertz CT molecular complexity index is 291. The molecule has 1 heterocycles. The van der Waals surface area contributed by atoms with E-state index < -0.39 is 41.9 Å². The maximum absolute atomic E-state index is 10.5. The van der Waals surface area contributed by atoms with Crippen LogP contribution in [-0.2, 0) is 14.3 Å². The van der Waals surface area contributed by atoms with Crippen molar-refractivity contribution in [1.29, 1.82) is 0 Å². The molecule has 1 rings (SSSR count). The van der Waals surface area contributed by atoms with E-state index in [4.69, 9.17) is 9.47 Å². The molecule has 0 aromatic rings. The molecule has 0 bridgehead atoms. The molecule has 9 heteroatoms. The molecule has 6 unspecified atom stereocenters. The second kappa shape index (κ2) is 8.81. The Morgan fingerprint density at radius 2 is 1.95 bits per heavy atom. The first-order valence-corrected chi connectivity index (χ1v) is 6.48. The number of aliphatic hydroxyl groups excluding tert-OH is 3. The van der Waals surface area contributed by atoms with Crippen molar-refractivity contribution in [3.8, 4) is 0 Å². The van der Waals surface area contributed by atoms with Gasteiger partial charge in [-0.25, -0.2) is 0 Å². The molecule has 0 amide bonds. The van der Waals surface area contributed by atoms with Crippen LogP contribution in [0.1, 0.15) is 6.92 Å². The average Bonchev–Trinajstić information content (AvgIpc) is 2.34. The number of ether oxygens (including phenoxy) is 2. The average molecular weight is 304 g/mol. The van der Waals surface area contributed by atoms with Crippen molar-refractivity contribution in [3.05, 3.63) is 0 Å². The molecule has 7 nitrogen and oxygen atoms in total. The third-order valence-corrected chi connectivity index (χ3v) is 3.96. The van der Waals surface area contributed by atoms with E-state index in [2.05, 4.69) is 0 Å². The number of hydrogen-bond donors (Lipinski definition) is 3. The molecule has 0 aromatic carbocycles. The summed E-state index contributed by atoms with van der Waals surface area (Å²) in [6.45, 7) is 1.45. The number of thioether (sulfide) groups is 1. The van der Waals surface area contributed by atoms with Crippen LogP contribution in [0.25, 0.3) is 0 Å². The second-order valence-electron chi connectivity index (χ2n) is 4.05. The zero-order valence-corrected chi connectivity index (χ0v) is 13.9. The third kappa shape index (κ3) is 5.14. The third-order valence-electron chi connectivity index (χ3n) is 2.74. The Hall–Kier alpha value is 0.620. The van der Waals surface area contributed by atoms with E-state index in [1.54, 1.807) is 0 Å². The molecule has 0 spiro atoms. The Labute approximate surface area is 137 Å². The number of aliphatic carboxylic acids is 1. The molecular formula is C10H17NaO7S. The SMILES string of the molecule is COC1OC(CSC(C)C(=O)[O-])C(O)C(O)C1O.[Na+]. The molecule has 19 heavy (non-hydrogen) atoms. The van der Waals surface area contributed by atoms with Crippen molar-refractivity contribution in [2.24, 2.45) is 0 Å². The van der Waals surface area contributed by atoms with Gasteiger partial charge in [0.25, 0.3) is 0 Å². The Balaban J connectivity index is 0.00000324. The number of carbonyl (C=O) groups excluding carboxylic acids is 1. The number of rotatable bonds is 5. The monoisotopic (exact) mass is 304 g/mol. The van der Waals surface area contributed by atoms with Crippen LogP contribution >= 0.6 is 11.8 Å². The number of methoxy groups -OCH3 is 1. The number of carboxylic acid groups (broad SMARTS) is 1. The quantitative estimate of drug-likeness (QED) is 0.430. The summed E-state index contributed by atoms with van der Waals surface area (Å²) in [4.78, 5) is 10.5. The summed E-state index contributed by atoms with van der Waals surface area (Å²) < 4.78 is 10.1. The number of carboxylic acids is 1. The van der Waals surface area contributed by atoms with Crippen LogP contribution in [0.4, 0.5) is 0 Å². The summed E-state index contributed by atoms with van der Waals surface area (Å²) in [7, 11) is 1.30. The molecular weight excluding hydrogens is 287 g/mol. The second-order valence-corrected chi connectivity index (χ2v) is 5.42. The fourth-order valence-corrected chi connectivity index (χ4v) is 2.45. The fourth-order valence-electron chi connectivity index (χ4n) is 1.56. The first-order valence-electron chi connectivity index (χ1n) is 5.43. The molecule has 3 N–H and O–H groups in total. The van der Waals surface area contributed by atoms with Crippen molar-refractivity contribution in [2.75, 3.05) is 12.9 Å². The van der Waals surface area contributed by atoms with Crippen LogP contribution in [0, 0.1) is 0 Å². The first kappa shape index (κ1) is 19.6. The summed E-state index contributed by atoms with van der Waals surface area (Å²) >= 11 is 1.02. The minimum atomic E-state index is -1.40. The van der Waals surface area contributed by atoms with Gasteiger partial charge < -0.3 is 34.7 Å². The van der Waals surface area contributed by atoms with Gasteiger partial charge in [-0.05, 0) is 6.92 Å². The Morgan fingerprint density at radius 1 is 1.37 bits per heavy atom. The zero-order chi connectivity index (χ0) is 13.9. The van der Waals surface area contributed by atoms with E-state index in [-0.39, 0.29) is 35.3 Å². The van der Waals surface area contributed by atoms with Crippen molar-refractivity contribution in [2.45, 2.75) is 42.9 Å². The van der Waals surface area contributed by atoms with Gasteiger partial charge in [0.05, 0.1) is 12.1 Å². The van der Waals surface area contributed by atoms with Crippen LogP contribution in [0.2, 0.25) is 0 Å². The standard InChI is InChI=1S/C10H18O7S.Na/c1-4(9(14)15)18-3-5-6(11)7(12)8(13)10(16-2)17-5;/h4-8,10-13H,3H2,1-2H3,(H,14,15);/q;+1/p-1. The van der Waals surface area contributed by atoms with E-state index in [0.717, 1.165) is 11.8 Å². The molecule has 0 radical (unpaired) electrons. The molecule has 0 aromatic heterocycles. The minimum absolute atomic E-state index is 0. The van der Waals surface area contributed by atoms with Gasteiger partial charge in [0.2, 0.25) is 0 Å². The van der Waals surface area contributed by atoms with Gasteiger partial charge in [0.1, 0.15) is 18.3 Å². The maximum atomic E-state index is 10.5. The van der Waals surface area contributed by atoms with Gasteiger partial charge in [-0.15, -0.1) is 11.8 Å². The zero-order valence-electron chi connectivity index (χ0n) is 11.1. The van der Waals surface area contributed by atoms with Crippen LogP contribution in [0.3, 0.4) is 0 Å². The molecule has 0 aliphatic carbocycles. The van der Waals surface area contributed by atoms with E-state index in [1.165, 1.54) is 14.0 Å². The first-order chi connectivity index (χ1) is 8.38. The van der Waals surface area contributed by atoms with Crippen LogP contribution in [0.5, 0.6) is 0 Å². The topological polar surface area (TPSA) is 119 Å². The summed E-state index contributed by atoms with van der Waals surface area (Å²) in [5.41, 5.74) is 0. The summed E-state index contributed by atoms with van der Waals surface area (Å²) in [5, 5.41) is 38.6. The van der Waals surface area contributed by atoms with Crippen molar-refractivity contribution < 1.29 is 64.3 Å². The molecule has 1 aliphatic rings. The van der Waals surface area contributed by atoms with Gasteiger partial charge in [0, 0.05) is 18.1 Å². The molecule has 0 saturated carbocycles. The molecule has 6 atom stereocenters. The van der Waals surface area contributed by atoms with Crippen LogP contribution < -0.4 is 34.7 Å². The predicted molar refractivity (Wildman–Crippen MR) is 60.6 cm³/mol. The minimum Gasteiger partial charge on any atom is -0.549 e. The largest absolute Gasteiger partial charge is 1.00 e.